The minimum Gasteiger partial charge on any atom is -0.316 e. The van der Waals surface area contributed by atoms with Gasteiger partial charge < -0.3 is 10.2 Å². The summed E-state index contributed by atoms with van der Waals surface area (Å²) in [5.41, 5.74) is 3.56. The molecule has 3 heteroatoms. The topological polar surface area (TPSA) is 32.3 Å². The van der Waals surface area contributed by atoms with E-state index in [-0.39, 0.29) is 5.91 Å². The first-order valence-electron chi connectivity index (χ1n) is 6.34. The smallest absolute Gasteiger partial charge is 0.231 e. The summed E-state index contributed by atoms with van der Waals surface area (Å²) >= 11 is 0. The molecule has 3 nitrogen and oxygen atoms in total. The van der Waals surface area contributed by atoms with Crippen LogP contribution in [0.3, 0.4) is 0 Å². The van der Waals surface area contributed by atoms with Gasteiger partial charge in [0.05, 0.1) is 6.42 Å². The van der Waals surface area contributed by atoms with Gasteiger partial charge in [0, 0.05) is 12.2 Å². The fourth-order valence-corrected chi connectivity index (χ4v) is 2.80. The second-order valence-corrected chi connectivity index (χ2v) is 5.17. The first-order chi connectivity index (χ1) is 8.24. The van der Waals surface area contributed by atoms with Gasteiger partial charge in [0.2, 0.25) is 5.91 Å². The summed E-state index contributed by atoms with van der Waals surface area (Å²) in [6, 6.07) is 6.32. The zero-order chi connectivity index (χ0) is 11.8. The summed E-state index contributed by atoms with van der Waals surface area (Å²) < 4.78 is 0. The maximum Gasteiger partial charge on any atom is 0.231 e. The number of nitrogens with zero attached hydrogens (tertiary/aromatic N) is 1. The van der Waals surface area contributed by atoms with Crippen LogP contribution in [0.4, 0.5) is 5.69 Å². The van der Waals surface area contributed by atoms with Gasteiger partial charge in [-0.3, -0.25) is 4.79 Å². The Morgan fingerprint density at radius 2 is 2.35 bits per heavy atom. The van der Waals surface area contributed by atoms with Crippen LogP contribution in [0.1, 0.15) is 17.5 Å². The third-order valence-corrected chi connectivity index (χ3v) is 3.78. The van der Waals surface area contributed by atoms with Crippen LogP contribution >= 0.6 is 0 Å². The van der Waals surface area contributed by atoms with Crippen molar-refractivity contribution in [1.29, 1.82) is 0 Å². The molecule has 90 valence electrons. The molecule has 17 heavy (non-hydrogen) atoms. The van der Waals surface area contributed by atoms with Gasteiger partial charge in [-0.25, -0.2) is 0 Å². The Morgan fingerprint density at radius 3 is 3.12 bits per heavy atom. The summed E-state index contributed by atoms with van der Waals surface area (Å²) in [4.78, 5) is 14.0. The van der Waals surface area contributed by atoms with Crippen molar-refractivity contribution in [2.45, 2.75) is 19.8 Å². The highest BCUT2D eigenvalue weighted by molar-refractivity contribution is 6.01. The maximum absolute atomic E-state index is 12.0. The predicted molar refractivity (Wildman–Crippen MR) is 68.2 cm³/mol. The van der Waals surface area contributed by atoms with Gasteiger partial charge >= 0.3 is 0 Å². The highest BCUT2D eigenvalue weighted by Gasteiger charge is 2.29. The monoisotopic (exact) mass is 230 g/mol. The SMILES string of the molecule is Cc1ccc2c(c1)N(CC1CCNC1)C(=O)C2. The summed E-state index contributed by atoms with van der Waals surface area (Å²) in [5.74, 6) is 0.878. The number of nitrogens with one attached hydrogen (secondary N) is 1. The lowest BCUT2D eigenvalue weighted by Crippen LogP contribution is -2.33. The lowest BCUT2D eigenvalue weighted by atomic mass is 10.1. The van der Waals surface area contributed by atoms with E-state index < -0.39 is 0 Å². The zero-order valence-corrected chi connectivity index (χ0v) is 10.2. The number of fused-ring (bicyclic) bond motifs is 1. The average Bonchev–Trinajstić information content (AvgIpc) is 2.90. The molecule has 1 aromatic rings. The van der Waals surface area contributed by atoms with Crippen LogP contribution in [0.2, 0.25) is 0 Å². The number of amides is 1. The molecule has 1 fully saturated rings. The normalized spacial score (nSPS) is 23.2. The van der Waals surface area contributed by atoms with E-state index in [1.165, 1.54) is 17.5 Å². The second-order valence-electron chi connectivity index (χ2n) is 5.17. The van der Waals surface area contributed by atoms with Gasteiger partial charge in [-0.1, -0.05) is 12.1 Å². The highest BCUT2D eigenvalue weighted by Crippen LogP contribution is 2.31. The van der Waals surface area contributed by atoms with E-state index in [1.54, 1.807) is 0 Å². The molecular formula is C14H18N2O. The molecule has 3 rings (SSSR count). The van der Waals surface area contributed by atoms with Crippen molar-refractivity contribution in [3.63, 3.8) is 0 Å². The summed E-state index contributed by atoms with van der Waals surface area (Å²) in [5, 5.41) is 3.36. The van der Waals surface area contributed by atoms with Crippen molar-refractivity contribution in [2.75, 3.05) is 24.5 Å². The van der Waals surface area contributed by atoms with Crippen molar-refractivity contribution in [1.82, 2.24) is 5.32 Å². The molecule has 1 amide bonds. The van der Waals surface area contributed by atoms with Gasteiger partial charge in [-0.15, -0.1) is 0 Å². The largest absolute Gasteiger partial charge is 0.316 e. The Bertz CT molecular complexity index is 450. The van der Waals surface area contributed by atoms with E-state index in [1.807, 2.05) is 4.90 Å². The Balaban J connectivity index is 1.85. The average molecular weight is 230 g/mol. The summed E-state index contributed by atoms with van der Waals surface area (Å²) in [6.07, 6.45) is 1.76. The quantitative estimate of drug-likeness (QED) is 0.835. The van der Waals surface area contributed by atoms with E-state index in [4.69, 9.17) is 0 Å². The third kappa shape index (κ3) is 1.95. The van der Waals surface area contributed by atoms with Gasteiger partial charge in [0.1, 0.15) is 0 Å². The Labute approximate surface area is 102 Å². The molecule has 0 saturated carbocycles. The second kappa shape index (κ2) is 4.15. The number of carbonyl (C=O) groups is 1. The van der Waals surface area contributed by atoms with Gasteiger partial charge in [-0.05, 0) is 49.5 Å². The Morgan fingerprint density at radius 1 is 1.47 bits per heavy atom. The molecule has 2 aliphatic heterocycles. The fraction of sp³-hybridized carbons (Fsp3) is 0.500. The molecule has 1 unspecified atom stereocenters. The summed E-state index contributed by atoms with van der Waals surface area (Å²) in [6.45, 7) is 5.10. The minimum atomic E-state index is 0.262. The number of rotatable bonds is 2. The van der Waals surface area contributed by atoms with E-state index in [0.717, 1.165) is 25.3 Å². The van der Waals surface area contributed by atoms with E-state index in [2.05, 4.69) is 30.4 Å². The van der Waals surface area contributed by atoms with E-state index >= 15 is 0 Å². The lowest BCUT2D eigenvalue weighted by Gasteiger charge is -2.21. The number of hydrogen-bond donors (Lipinski definition) is 1. The number of aryl methyl sites for hydroxylation is 1. The first kappa shape index (κ1) is 10.8. The van der Waals surface area contributed by atoms with Crippen LogP contribution in [0.15, 0.2) is 18.2 Å². The van der Waals surface area contributed by atoms with Crippen molar-refractivity contribution in [2.24, 2.45) is 5.92 Å². The molecule has 2 heterocycles. The summed E-state index contributed by atoms with van der Waals surface area (Å²) in [7, 11) is 0. The van der Waals surface area contributed by atoms with E-state index in [9.17, 15) is 4.79 Å². The predicted octanol–water partition coefficient (Wildman–Crippen LogP) is 1.49. The molecule has 1 N–H and O–H groups in total. The molecule has 1 atom stereocenters. The van der Waals surface area contributed by atoms with Crippen molar-refractivity contribution >= 4 is 11.6 Å². The molecular weight excluding hydrogens is 212 g/mol. The molecule has 0 bridgehead atoms. The van der Waals surface area contributed by atoms with Crippen LogP contribution in [0, 0.1) is 12.8 Å². The molecule has 2 aliphatic rings. The molecule has 0 spiro atoms. The Kier molecular flexibility index (Phi) is 2.63. The maximum atomic E-state index is 12.0. The zero-order valence-electron chi connectivity index (χ0n) is 10.2. The van der Waals surface area contributed by atoms with Gasteiger partial charge in [0.25, 0.3) is 0 Å². The molecule has 0 aromatic heterocycles. The van der Waals surface area contributed by atoms with Crippen LogP contribution in [-0.2, 0) is 11.2 Å². The standard InChI is InChI=1S/C14H18N2O/c1-10-2-3-12-7-14(17)16(13(12)6-10)9-11-4-5-15-8-11/h2-3,6,11,15H,4-5,7-9H2,1H3. The fourth-order valence-electron chi connectivity index (χ4n) is 2.80. The number of benzene rings is 1. The molecule has 1 saturated heterocycles. The third-order valence-electron chi connectivity index (χ3n) is 3.78. The molecule has 1 aromatic carbocycles. The molecule has 0 radical (unpaired) electrons. The number of carbonyl (C=O) groups excluding carboxylic acids is 1. The van der Waals surface area contributed by atoms with Crippen molar-refractivity contribution in [3.8, 4) is 0 Å². The van der Waals surface area contributed by atoms with Crippen molar-refractivity contribution in [3.05, 3.63) is 29.3 Å². The first-order valence-corrected chi connectivity index (χ1v) is 6.34. The van der Waals surface area contributed by atoms with Crippen molar-refractivity contribution < 1.29 is 4.79 Å². The van der Waals surface area contributed by atoms with Crippen LogP contribution in [-0.4, -0.2) is 25.5 Å². The van der Waals surface area contributed by atoms with Gasteiger partial charge in [0.15, 0.2) is 0 Å². The Hall–Kier alpha value is -1.35. The lowest BCUT2D eigenvalue weighted by molar-refractivity contribution is -0.117. The van der Waals surface area contributed by atoms with Crippen LogP contribution < -0.4 is 10.2 Å². The van der Waals surface area contributed by atoms with Gasteiger partial charge in [-0.2, -0.15) is 0 Å². The van der Waals surface area contributed by atoms with Crippen LogP contribution in [0.25, 0.3) is 0 Å². The number of hydrogen-bond acceptors (Lipinski definition) is 2. The highest BCUT2D eigenvalue weighted by atomic mass is 16.2. The molecule has 0 aliphatic carbocycles. The number of anilines is 1. The van der Waals surface area contributed by atoms with E-state index in [0.29, 0.717) is 12.3 Å². The minimum absolute atomic E-state index is 0.262. The van der Waals surface area contributed by atoms with Crippen LogP contribution in [0.5, 0.6) is 0 Å².